The van der Waals surface area contributed by atoms with Gasteiger partial charge in [-0.05, 0) is 67.8 Å². The van der Waals surface area contributed by atoms with Crippen LogP contribution in [-0.2, 0) is 4.79 Å². The van der Waals surface area contributed by atoms with Gasteiger partial charge in [0.05, 0.1) is 5.02 Å². The highest BCUT2D eigenvalue weighted by atomic mass is 35.5. The molecule has 0 fully saturated rings. The van der Waals surface area contributed by atoms with E-state index in [0.717, 1.165) is 33.4 Å². The van der Waals surface area contributed by atoms with E-state index in [1.165, 1.54) is 0 Å². The number of aryl methyl sites for hydroxylation is 3. The molecule has 4 rings (SSSR count). The molecule has 1 heterocycles. The van der Waals surface area contributed by atoms with Crippen molar-refractivity contribution in [3.63, 3.8) is 0 Å². The van der Waals surface area contributed by atoms with E-state index in [2.05, 4.69) is 16.4 Å². The molecule has 0 unspecified atom stereocenters. The summed E-state index contributed by atoms with van der Waals surface area (Å²) in [6.45, 7) is 5.82. The number of fused-ring (bicyclic) bond motifs is 1. The number of anilines is 1. The molecule has 152 valence electrons. The average molecular weight is 421 g/mol. The Kier molecular flexibility index (Phi) is 5.46. The summed E-state index contributed by atoms with van der Waals surface area (Å²) in [5.74, 6) is 0.706. The Morgan fingerprint density at radius 2 is 1.87 bits per heavy atom. The van der Waals surface area contributed by atoms with Crippen molar-refractivity contribution in [2.24, 2.45) is 0 Å². The normalized spacial score (nSPS) is 10.9. The molecule has 1 aromatic heterocycles. The predicted molar refractivity (Wildman–Crippen MR) is 119 cm³/mol. The number of halogens is 1. The molecule has 4 aromatic rings. The van der Waals surface area contributed by atoms with Gasteiger partial charge in [0.25, 0.3) is 5.91 Å². The molecule has 0 saturated heterocycles. The molecule has 1 N–H and O–H groups in total. The number of ether oxygens (including phenoxy) is 1. The summed E-state index contributed by atoms with van der Waals surface area (Å²) in [6.07, 6.45) is 0. The van der Waals surface area contributed by atoms with Crippen LogP contribution in [0.15, 0.2) is 59.0 Å². The van der Waals surface area contributed by atoms with Crippen molar-refractivity contribution in [3.05, 3.63) is 76.3 Å². The maximum atomic E-state index is 12.4. The topological polar surface area (TPSA) is 64.4 Å². The highest BCUT2D eigenvalue weighted by molar-refractivity contribution is 6.32. The van der Waals surface area contributed by atoms with Crippen LogP contribution in [-0.4, -0.2) is 17.5 Å². The van der Waals surface area contributed by atoms with E-state index in [9.17, 15) is 4.79 Å². The van der Waals surface area contributed by atoms with Crippen molar-refractivity contribution in [1.29, 1.82) is 0 Å². The van der Waals surface area contributed by atoms with Gasteiger partial charge in [0, 0.05) is 11.3 Å². The fraction of sp³-hybridized carbons (Fsp3) is 0.167. The number of nitrogens with one attached hydrogen (secondary N) is 1. The van der Waals surface area contributed by atoms with Crippen LogP contribution in [0.4, 0.5) is 5.69 Å². The number of hydrogen-bond acceptors (Lipinski definition) is 4. The number of para-hydroxylation sites is 1. The Labute approximate surface area is 179 Å². The number of nitrogens with zero attached hydrogens (tertiary/aromatic N) is 1. The zero-order valence-corrected chi connectivity index (χ0v) is 17.7. The van der Waals surface area contributed by atoms with E-state index in [0.29, 0.717) is 22.4 Å². The van der Waals surface area contributed by atoms with E-state index >= 15 is 0 Å². The molecule has 30 heavy (non-hydrogen) atoms. The first-order valence-electron chi connectivity index (χ1n) is 9.57. The van der Waals surface area contributed by atoms with Crippen LogP contribution in [0.25, 0.3) is 22.6 Å². The van der Waals surface area contributed by atoms with Gasteiger partial charge in [-0.15, -0.1) is 0 Å². The molecule has 1 amide bonds. The van der Waals surface area contributed by atoms with E-state index in [-0.39, 0.29) is 12.5 Å². The predicted octanol–water partition coefficient (Wildman–Crippen LogP) is 6.09. The molecule has 3 aromatic carbocycles. The molecule has 0 bridgehead atoms. The molecule has 0 aliphatic carbocycles. The number of oxazole rings is 1. The summed E-state index contributed by atoms with van der Waals surface area (Å²) in [5, 5.41) is 3.35. The average Bonchev–Trinajstić information content (AvgIpc) is 3.13. The van der Waals surface area contributed by atoms with Gasteiger partial charge in [-0.2, -0.15) is 0 Å². The smallest absolute Gasteiger partial charge is 0.262 e. The van der Waals surface area contributed by atoms with E-state index in [1.54, 1.807) is 24.3 Å². The van der Waals surface area contributed by atoms with E-state index < -0.39 is 0 Å². The lowest BCUT2D eigenvalue weighted by molar-refractivity contribution is -0.118. The van der Waals surface area contributed by atoms with Crippen LogP contribution in [0.3, 0.4) is 0 Å². The molecule has 5 nitrogen and oxygen atoms in total. The SMILES string of the molecule is Cc1cc(C)c2oc(-c3ccc(C)c(NC(=O)COc4ccccc4Cl)c3)nc2c1. The summed E-state index contributed by atoms with van der Waals surface area (Å²) < 4.78 is 11.5. The Balaban J connectivity index is 1.54. The fourth-order valence-corrected chi connectivity index (χ4v) is 3.47. The quantitative estimate of drug-likeness (QED) is 0.424. The number of aromatic nitrogens is 1. The van der Waals surface area contributed by atoms with Gasteiger partial charge in [0.2, 0.25) is 5.89 Å². The summed E-state index contributed by atoms with van der Waals surface area (Å²) in [7, 11) is 0. The monoisotopic (exact) mass is 420 g/mol. The highest BCUT2D eigenvalue weighted by Crippen LogP contribution is 2.30. The molecular formula is C24H21ClN2O3. The first-order valence-corrected chi connectivity index (χ1v) is 9.94. The fourth-order valence-electron chi connectivity index (χ4n) is 3.28. The van der Waals surface area contributed by atoms with Crippen molar-refractivity contribution in [3.8, 4) is 17.2 Å². The number of amides is 1. The summed E-state index contributed by atoms with van der Waals surface area (Å²) in [5.41, 5.74) is 6.16. The first-order chi connectivity index (χ1) is 14.4. The molecule has 0 atom stereocenters. The number of rotatable bonds is 5. The van der Waals surface area contributed by atoms with Crippen molar-refractivity contribution in [2.45, 2.75) is 20.8 Å². The minimum atomic E-state index is -0.279. The van der Waals surface area contributed by atoms with Crippen molar-refractivity contribution < 1.29 is 13.9 Å². The van der Waals surface area contributed by atoms with Gasteiger partial charge < -0.3 is 14.5 Å². The van der Waals surface area contributed by atoms with Crippen LogP contribution in [0.5, 0.6) is 5.75 Å². The Morgan fingerprint density at radius 1 is 1.07 bits per heavy atom. The van der Waals surface area contributed by atoms with Gasteiger partial charge in [0.15, 0.2) is 12.2 Å². The molecular weight excluding hydrogens is 400 g/mol. The lowest BCUT2D eigenvalue weighted by Gasteiger charge is -2.11. The summed E-state index contributed by atoms with van der Waals surface area (Å²) in [4.78, 5) is 17.0. The van der Waals surface area contributed by atoms with Crippen LogP contribution in [0.2, 0.25) is 5.02 Å². The third kappa shape index (κ3) is 4.16. The number of carbonyl (C=O) groups excluding carboxylic acids is 1. The lowest BCUT2D eigenvalue weighted by atomic mass is 10.1. The van der Waals surface area contributed by atoms with Crippen LogP contribution in [0, 0.1) is 20.8 Å². The second-order valence-corrected chi connectivity index (χ2v) is 7.65. The van der Waals surface area contributed by atoms with Crippen molar-refractivity contribution in [2.75, 3.05) is 11.9 Å². The maximum Gasteiger partial charge on any atom is 0.262 e. The third-order valence-corrected chi connectivity index (χ3v) is 5.09. The molecule has 6 heteroatoms. The number of carbonyl (C=O) groups is 1. The Bertz CT molecular complexity index is 1250. The Morgan fingerprint density at radius 3 is 2.67 bits per heavy atom. The molecule has 0 spiro atoms. The second-order valence-electron chi connectivity index (χ2n) is 7.25. The van der Waals surface area contributed by atoms with Gasteiger partial charge in [0.1, 0.15) is 11.3 Å². The molecule has 0 radical (unpaired) electrons. The van der Waals surface area contributed by atoms with E-state index in [4.69, 9.17) is 20.8 Å². The zero-order valence-electron chi connectivity index (χ0n) is 17.0. The van der Waals surface area contributed by atoms with Crippen LogP contribution >= 0.6 is 11.6 Å². The maximum absolute atomic E-state index is 12.4. The summed E-state index contributed by atoms with van der Waals surface area (Å²) in [6, 6.07) is 16.8. The van der Waals surface area contributed by atoms with Gasteiger partial charge in [-0.1, -0.05) is 35.9 Å². The largest absolute Gasteiger partial charge is 0.482 e. The minimum Gasteiger partial charge on any atom is -0.482 e. The molecule has 0 aliphatic rings. The van der Waals surface area contributed by atoms with Crippen LogP contribution in [0.1, 0.15) is 16.7 Å². The van der Waals surface area contributed by atoms with Gasteiger partial charge in [-0.3, -0.25) is 4.79 Å². The number of benzene rings is 3. The third-order valence-electron chi connectivity index (χ3n) is 4.77. The highest BCUT2D eigenvalue weighted by Gasteiger charge is 2.14. The van der Waals surface area contributed by atoms with Crippen molar-refractivity contribution >= 4 is 34.3 Å². The first kappa shape index (κ1) is 20.0. The van der Waals surface area contributed by atoms with Crippen molar-refractivity contribution in [1.82, 2.24) is 4.98 Å². The van der Waals surface area contributed by atoms with Crippen LogP contribution < -0.4 is 10.1 Å². The van der Waals surface area contributed by atoms with E-state index in [1.807, 2.05) is 45.0 Å². The van der Waals surface area contributed by atoms with Gasteiger partial charge >= 0.3 is 0 Å². The van der Waals surface area contributed by atoms with Gasteiger partial charge in [-0.25, -0.2) is 4.98 Å². The standard InChI is InChI=1S/C24H21ClN2O3/c1-14-10-16(3)23-20(11-14)27-24(30-23)17-9-8-15(2)19(12-17)26-22(28)13-29-21-7-5-4-6-18(21)25/h4-12H,13H2,1-3H3,(H,26,28). The minimum absolute atomic E-state index is 0.144. The molecule has 0 saturated carbocycles. The summed E-state index contributed by atoms with van der Waals surface area (Å²) >= 11 is 6.06. The number of hydrogen-bond donors (Lipinski definition) is 1. The zero-order chi connectivity index (χ0) is 21.3. The molecule has 0 aliphatic heterocycles. The second kappa shape index (κ2) is 8.20. The lowest BCUT2D eigenvalue weighted by Crippen LogP contribution is -2.20. The Hall–Kier alpha value is -3.31.